The Labute approximate surface area is 166 Å². The molecule has 2 aliphatic rings. The Kier molecular flexibility index (Phi) is 6.74. The van der Waals surface area contributed by atoms with Crippen LogP contribution < -0.4 is 4.90 Å². The summed E-state index contributed by atoms with van der Waals surface area (Å²) < 4.78 is 5.59. The van der Waals surface area contributed by atoms with Crippen molar-refractivity contribution in [2.75, 3.05) is 38.0 Å². The highest BCUT2D eigenvalue weighted by molar-refractivity contribution is 7.16. The molecule has 0 spiro atoms. The molecule has 0 N–H and O–H groups in total. The molecule has 3 heterocycles. The third kappa shape index (κ3) is 4.45. The third-order valence-electron chi connectivity index (χ3n) is 5.28. The summed E-state index contributed by atoms with van der Waals surface area (Å²) in [5.74, 6) is 3.40. The molecule has 3 rings (SSSR count). The highest BCUT2D eigenvalue weighted by Gasteiger charge is 2.34. The molecule has 0 radical (unpaired) electrons. The van der Waals surface area contributed by atoms with Crippen molar-refractivity contribution in [3.8, 4) is 12.3 Å². The van der Waals surface area contributed by atoms with Crippen LogP contribution in [0.15, 0.2) is 0 Å². The van der Waals surface area contributed by atoms with Crippen LogP contribution in [0.2, 0.25) is 0 Å². The standard InChI is InChI=1S/C20H30N4O2S/c1-5-8-9-22-11-16(10-15(4)6-2)18-17(12-22)27-19(21-18)24-14-26-13-23(7-3)20(24)25/h2,15-16H,5,7-14H2,1,3-4H3. The minimum Gasteiger partial charge on any atom is -0.340 e. The van der Waals surface area contributed by atoms with Gasteiger partial charge in [0.25, 0.3) is 0 Å². The zero-order chi connectivity index (χ0) is 19.4. The minimum atomic E-state index is -0.0220. The average molecular weight is 391 g/mol. The van der Waals surface area contributed by atoms with E-state index in [0.29, 0.717) is 19.2 Å². The van der Waals surface area contributed by atoms with Gasteiger partial charge in [0.15, 0.2) is 5.13 Å². The van der Waals surface area contributed by atoms with Crippen LogP contribution in [-0.4, -0.2) is 53.9 Å². The van der Waals surface area contributed by atoms with Crippen LogP contribution in [0.1, 0.15) is 56.5 Å². The number of unbranched alkanes of at least 4 members (excludes halogenated alkanes) is 1. The monoisotopic (exact) mass is 390 g/mol. The number of terminal acetylenes is 1. The number of carbonyl (C=O) groups excluding carboxylic acids is 1. The van der Waals surface area contributed by atoms with Gasteiger partial charge in [-0.25, -0.2) is 14.7 Å². The Morgan fingerprint density at radius 3 is 2.93 bits per heavy atom. The number of urea groups is 1. The van der Waals surface area contributed by atoms with Crippen LogP contribution in [0.3, 0.4) is 0 Å². The number of amides is 2. The first-order valence-electron chi connectivity index (χ1n) is 9.89. The maximum Gasteiger partial charge on any atom is 0.330 e. The van der Waals surface area contributed by atoms with Gasteiger partial charge in [-0.2, -0.15) is 0 Å². The molecule has 1 aromatic rings. The molecule has 0 bridgehead atoms. The molecule has 1 saturated heterocycles. The van der Waals surface area contributed by atoms with Crippen LogP contribution in [0.4, 0.5) is 9.93 Å². The number of fused-ring (bicyclic) bond motifs is 1. The summed E-state index contributed by atoms with van der Waals surface area (Å²) in [7, 11) is 0. The Hall–Kier alpha value is -1.62. The first-order chi connectivity index (χ1) is 13.1. The van der Waals surface area contributed by atoms with Gasteiger partial charge in [-0.3, -0.25) is 4.90 Å². The zero-order valence-electron chi connectivity index (χ0n) is 16.6. The molecule has 148 valence electrons. The van der Waals surface area contributed by atoms with E-state index in [4.69, 9.17) is 16.1 Å². The molecular weight excluding hydrogens is 360 g/mol. The lowest BCUT2D eigenvalue weighted by Gasteiger charge is -2.33. The normalized spacial score (nSPS) is 21.9. The van der Waals surface area contributed by atoms with Crippen molar-refractivity contribution in [2.45, 2.75) is 52.5 Å². The topological polar surface area (TPSA) is 48.9 Å². The maximum absolute atomic E-state index is 12.7. The van der Waals surface area contributed by atoms with Crippen molar-refractivity contribution in [1.29, 1.82) is 0 Å². The predicted molar refractivity (Wildman–Crippen MR) is 109 cm³/mol. The average Bonchev–Trinajstić information content (AvgIpc) is 3.10. The van der Waals surface area contributed by atoms with E-state index in [0.717, 1.165) is 36.9 Å². The molecule has 1 aromatic heterocycles. The van der Waals surface area contributed by atoms with Gasteiger partial charge in [-0.05, 0) is 26.3 Å². The second-order valence-electron chi connectivity index (χ2n) is 7.42. The second-order valence-corrected chi connectivity index (χ2v) is 8.48. The van der Waals surface area contributed by atoms with E-state index in [1.54, 1.807) is 21.1 Å². The van der Waals surface area contributed by atoms with Gasteiger partial charge in [0.1, 0.15) is 13.5 Å². The fraction of sp³-hybridized carbons (Fsp3) is 0.700. The van der Waals surface area contributed by atoms with E-state index in [1.165, 1.54) is 17.7 Å². The van der Waals surface area contributed by atoms with Crippen LogP contribution in [-0.2, 0) is 11.3 Å². The van der Waals surface area contributed by atoms with Crippen molar-refractivity contribution in [3.05, 3.63) is 10.6 Å². The van der Waals surface area contributed by atoms with Gasteiger partial charge in [0, 0.05) is 36.3 Å². The van der Waals surface area contributed by atoms with Crippen LogP contribution in [0, 0.1) is 18.3 Å². The van der Waals surface area contributed by atoms with Crippen molar-refractivity contribution in [1.82, 2.24) is 14.8 Å². The summed E-state index contributed by atoms with van der Waals surface area (Å²) >= 11 is 1.63. The number of hydrogen-bond donors (Lipinski definition) is 0. The zero-order valence-corrected chi connectivity index (χ0v) is 17.4. The van der Waals surface area contributed by atoms with E-state index in [1.807, 2.05) is 6.92 Å². The SMILES string of the molecule is C#CC(C)CC1CN(CCCC)Cc2sc(N3COCN(CC)C3=O)nc21. The summed E-state index contributed by atoms with van der Waals surface area (Å²) in [6, 6.07) is -0.0220. The summed E-state index contributed by atoms with van der Waals surface area (Å²) in [5.41, 5.74) is 1.13. The van der Waals surface area contributed by atoms with Crippen LogP contribution in [0.5, 0.6) is 0 Å². The maximum atomic E-state index is 12.7. The number of thiazole rings is 1. The Morgan fingerprint density at radius 2 is 2.22 bits per heavy atom. The summed E-state index contributed by atoms with van der Waals surface area (Å²) in [5, 5.41) is 0.749. The van der Waals surface area contributed by atoms with E-state index >= 15 is 0 Å². The number of nitrogens with zero attached hydrogens (tertiary/aromatic N) is 4. The molecule has 6 nitrogen and oxygen atoms in total. The molecule has 0 saturated carbocycles. The largest absolute Gasteiger partial charge is 0.340 e. The van der Waals surface area contributed by atoms with Gasteiger partial charge < -0.3 is 9.64 Å². The third-order valence-corrected chi connectivity index (χ3v) is 6.36. The highest BCUT2D eigenvalue weighted by atomic mass is 32.1. The number of anilines is 1. The summed E-state index contributed by atoms with van der Waals surface area (Å²) in [6.45, 7) is 10.5. The molecular formula is C20H30N4O2S. The van der Waals surface area contributed by atoms with E-state index in [-0.39, 0.29) is 18.7 Å². The molecule has 0 aliphatic carbocycles. The fourth-order valence-electron chi connectivity index (χ4n) is 3.68. The summed E-state index contributed by atoms with van der Waals surface area (Å²) in [4.78, 5) is 24.7. The fourth-order valence-corrected chi connectivity index (χ4v) is 4.85. The summed E-state index contributed by atoms with van der Waals surface area (Å²) in [6.07, 6.45) is 8.96. The number of hydrogen-bond acceptors (Lipinski definition) is 5. The van der Waals surface area contributed by atoms with Crippen molar-refractivity contribution < 1.29 is 9.53 Å². The number of ether oxygens (including phenoxy) is 1. The molecule has 2 aliphatic heterocycles. The quantitative estimate of drug-likeness (QED) is 0.666. The van der Waals surface area contributed by atoms with Crippen molar-refractivity contribution in [2.24, 2.45) is 5.92 Å². The first-order valence-corrected chi connectivity index (χ1v) is 10.7. The Balaban J connectivity index is 1.85. The molecule has 0 aromatic carbocycles. The smallest absolute Gasteiger partial charge is 0.330 e. The van der Waals surface area contributed by atoms with Gasteiger partial charge in [-0.1, -0.05) is 31.6 Å². The molecule has 2 unspecified atom stereocenters. The number of rotatable bonds is 7. The van der Waals surface area contributed by atoms with E-state index in [9.17, 15) is 4.79 Å². The lowest BCUT2D eigenvalue weighted by Crippen LogP contribution is -2.50. The van der Waals surface area contributed by atoms with Crippen molar-refractivity contribution >= 4 is 22.5 Å². The van der Waals surface area contributed by atoms with Gasteiger partial charge in [-0.15, -0.1) is 12.3 Å². The lowest BCUT2D eigenvalue weighted by atomic mass is 9.90. The van der Waals surface area contributed by atoms with Crippen LogP contribution >= 0.6 is 11.3 Å². The predicted octanol–water partition coefficient (Wildman–Crippen LogP) is 3.70. The van der Waals surface area contributed by atoms with Gasteiger partial charge in [0.2, 0.25) is 0 Å². The number of carbonyl (C=O) groups is 1. The molecule has 2 atom stereocenters. The molecule has 27 heavy (non-hydrogen) atoms. The van der Waals surface area contributed by atoms with Gasteiger partial charge >= 0.3 is 6.03 Å². The molecule has 1 fully saturated rings. The molecule has 7 heteroatoms. The Morgan fingerprint density at radius 1 is 1.41 bits per heavy atom. The minimum absolute atomic E-state index is 0.0220. The first kappa shape index (κ1) is 20.1. The van der Waals surface area contributed by atoms with Gasteiger partial charge in [0.05, 0.1) is 5.69 Å². The number of aromatic nitrogens is 1. The highest BCUT2D eigenvalue weighted by Crippen LogP contribution is 2.39. The lowest BCUT2D eigenvalue weighted by molar-refractivity contribution is 0.0268. The van der Waals surface area contributed by atoms with E-state index < -0.39 is 0 Å². The van der Waals surface area contributed by atoms with Crippen LogP contribution in [0.25, 0.3) is 0 Å². The van der Waals surface area contributed by atoms with Crippen molar-refractivity contribution in [3.63, 3.8) is 0 Å². The Bertz CT molecular complexity index is 699. The van der Waals surface area contributed by atoms with E-state index in [2.05, 4.69) is 24.7 Å². The molecule has 2 amide bonds. The second kappa shape index (κ2) is 9.05.